The summed E-state index contributed by atoms with van der Waals surface area (Å²) < 4.78 is 45.6. The normalized spacial score (nSPS) is 17.2. The first-order chi connectivity index (χ1) is 14.2. The molecule has 1 unspecified atom stereocenters. The molecule has 1 aromatic carbocycles. The van der Waals surface area contributed by atoms with Crippen molar-refractivity contribution < 1.29 is 36.4 Å². The first-order valence-electron chi connectivity index (χ1n) is 9.42. The van der Waals surface area contributed by atoms with E-state index >= 15 is 0 Å². The van der Waals surface area contributed by atoms with Crippen LogP contribution in [0.2, 0.25) is 0 Å². The molecule has 0 heterocycles. The van der Waals surface area contributed by atoms with Crippen LogP contribution in [0.15, 0.2) is 18.4 Å². The average molecular weight is 442 g/mol. The molecule has 1 N–H and O–H groups in total. The number of nitrogens with one attached hydrogen (secondary N) is 1. The predicted octanol–water partition coefficient (Wildman–Crippen LogP) is 1.80. The molecule has 0 bridgehead atoms. The van der Waals surface area contributed by atoms with Crippen molar-refractivity contribution in [2.24, 2.45) is 0 Å². The van der Waals surface area contributed by atoms with Crippen LogP contribution in [-0.4, -0.2) is 53.4 Å². The molecule has 0 fully saturated rings. The molecule has 10 heteroatoms. The topological polar surface area (TPSA) is 117 Å². The van der Waals surface area contributed by atoms with Gasteiger partial charge < -0.3 is 19.5 Å². The first kappa shape index (κ1) is 23.7. The third-order valence-corrected chi connectivity index (χ3v) is 6.42. The number of aryl methyl sites for hydroxylation is 1. The smallest absolute Gasteiger partial charge is 0.310 e. The van der Waals surface area contributed by atoms with E-state index < -0.39 is 21.3 Å². The third kappa shape index (κ3) is 5.73. The Hall–Kier alpha value is -2.59. The lowest BCUT2D eigenvalue weighted by atomic mass is 9.87. The van der Waals surface area contributed by atoms with E-state index in [1.54, 1.807) is 12.1 Å². The molecule has 0 aliphatic heterocycles. The summed E-state index contributed by atoms with van der Waals surface area (Å²) in [6, 6.07) is 3.45. The standard InChI is InChI=1S/C20H27NO8S/c1-13(22)21-9-5-6-20(23)29-12-16-15-11-18(27-3)17(26-2)10-14(15)7-8-19(16)30(24,25)28-4/h10-12,19H,5-9H2,1-4H3,(H,21,22)/b16-12-. The molecular weight excluding hydrogens is 414 g/mol. The van der Waals surface area contributed by atoms with Gasteiger partial charge in [-0.05, 0) is 42.5 Å². The zero-order valence-electron chi connectivity index (χ0n) is 17.5. The number of carbonyl (C=O) groups excluding carboxylic acids is 2. The summed E-state index contributed by atoms with van der Waals surface area (Å²) in [6.45, 7) is 1.74. The van der Waals surface area contributed by atoms with E-state index in [1.165, 1.54) is 27.4 Å². The van der Waals surface area contributed by atoms with Crippen molar-refractivity contribution in [3.8, 4) is 11.5 Å². The van der Waals surface area contributed by atoms with E-state index in [0.717, 1.165) is 12.7 Å². The highest BCUT2D eigenvalue weighted by Crippen LogP contribution is 2.41. The van der Waals surface area contributed by atoms with Crippen LogP contribution in [0, 0.1) is 0 Å². The van der Waals surface area contributed by atoms with E-state index in [4.69, 9.17) is 18.4 Å². The van der Waals surface area contributed by atoms with Gasteiger partial charge in [0.2, 0.25) is 5.91 Å². The summed E-state index contributed by atoms with van der Waals surface area (Å²) in [6.07, 6.45) is 2.40. The number of ether oxygens (including phenoxy) is 3. The van der Waals surface area contributed by atoms with Gasteiger partial charge in [0.25, 0.3) is 10.1 Å². The fraction of sp³-hybridized carbons (Fsp3) is 0.500. The molecule has 0 aromatic heterocycles. The number of rotatable bonds is 9. The zero-order chi connectivity index (χ0) is 22.3. The molecule has 2 rings (SSSR count). The minimum Gasteiger partial charge on any atom is -0.493 e. The Bertz CT molecular complexity index is 923. The van der Waals surface area contributed by atoms with Crippen LogP contribution in [-0.2, 0) is 35.0 Å². The lowest BCUT2D eigenvalue weighted by Crippen LogP contribution is -2.28. The van der Waals surface area contributed by atoms with Crippen LogP contribution in [0.1, 0.15) is 37.3 Å². The second-order valence-corrected chi connectivity index (χ2v) is 8.59. The van der Waals surface area contributed by atoms with Crippen LogP contribution in [0.25, 0.3) is 5.57 Å². The Kier molecular flexibility index (Phi) is 8.24. The maximum atomic E-state index is 12.5. The number of esters is 1. The van der Waals surface area contributed by atoms with Crippen LogP contribution in [0.3, 0.4) is 0 Å². The molecule has 1 aliphatic rings. The molecule has 0 radical (unpaired) electrons. The number of amides is 1. The van der Waals surface area contributed by atoms with Crippen LogP contribution in [0.5, 0.6) is 11.5 Å². The second-order valence-electron chi connectivity index (χ2n) is 6.70. The Labute approximate surface area is 176 Å². The van der Waals surface area contributed by atoms with Gasteiger partial charge in [0.15, 0.2) is 11.5 Å². The van der Waals surface area contributed by atoms with Crippen molar-refractivity contribution in [3.05, 3.63) is 29.5 Å². The number of fused-ring (bicyclic) bond motifs is 1. The van der Waals surface area contributed by atoms with Gasteiger partial charge >= 0.3 is 5.97 Å². The van der Waals surface area contributed by atoms with Gasteiger partial charge in [-0.2, -0.15) is 8.42 Å². The molecule has 30 heavy (non-hydrogen) atoms. The number of hydrogen-bond acceptors (Lipinski definition) is 8. The maximum Gasteiger partial charge on any atom is 0.310 e. The molecular formula is C20H27NO8S. The zero-order valence-corrected chi connectivity index (χ0v) is 18.3. The maximum absolute atomic E-state index is 12.5. The first-order valence-corrected chi connectivity index (χ1v) is 10.9. The fourth-order valence-corrected chi connectivity index (χ4v) is 4.39. The number of methoxy groups -OCH3 is 2. The van der Waals surface area contributed by atoms with Crippen LogP contribution >= 0.6 is 0 Å². The van der Waals surface area contributed by atoms with Crippen molar-refractivity contribution in [1.29, 1.82) is 0 Å². The predicted molar refractivity (Wildman–Crippen MR) is 110 cm³/mol. The van der Waals surface area contributed by atoms with Gasteiger partial charge in [-0.25, -0.2) is 0 Å². The van der Waals surface area contributed by atoms with Gasteiger partial charge in [-0.1, -0.05) is 0 Å². The lowest BCUT2D eigenvalue weighted by Gasteiger charge is -2.27. The number of benzene rings is 1. The average Bonchev–Trinajstić information content (AvgIpc) is 2.73. The summed E-state index contributed by atoms with van der Waals surface area (Å²) in [5.74, 6) is 0.244. The summed E-state index contributed by atoms with van der Waals surface area (Å²) in [5, 5.41) is 1.61. The van der Waals surface area contributed by atoms with Crippen molar-refractivity contribution in [1.82, 2.24) is 5.32 Å². The van der Waals surface area contributed by atoms with Crippen molar-refractivity contribution in [2.45, 2.75) is 37.9 Å². The summed E-state index contributed by atoms with van der Waals surface area (Å²) in [7, 11) is 0.196. The highest BCUT2D eigenvalue weighted by atomic mass is 32.2. The molecule has 0 saturated heterocycles. The molecule has 166 valence electrons. The Morgan fingerprint density at radius 1 is 1.17 bits per heavy atom. The summed E-state index contributed by atoms with van der Waals surface area (Å²) in [4.78, 5) is 23.0. The minimum atomic E-state index is -3.91. The highest BCUT2D eigenvalue weighted by Gasteiger charge is 2.36. The van der Waals surface area contributed by atoms with Gasteiger partial charge in [0.05, 0.1) is 27.6 Å². The molecule has 1 amide bonds. The summed E-state index contributed by atoms with van der Waals surface area (Å²) in [5.41, 5.74) is 1.76. The second kappa shape index (κ2) is 10.4. The monoisotopic (exact) mass is 441 g/mol. The van der Waals surface area contributed by atoms with Crippen LogP contribution in [0.4, 0.5) is 0 Å². The number of hydrogen-bond donors (Lipinski definition) is 1. The van der Waals surface area contributed by atoms with Crippen molar-refractivity contribution >= 4 is 27.6 Å². The van der Waals surface area contributed by atoms with Gasteiger partial charge in [0.1, 0.15) is 5.25 Å². The van der Waals surface area contributed by atoms with E-state index in [9.17, 15) is 18.0 Å². The van der Waals surface area contributed by atoms with Crippen LogP contribution < -0.4 is 14.8 Å². The summed E-state index contributed by atoms with van der Waals surface area (Å²) >= 11 is 0. The van der Waals surface area contributed by atoms with Crippen molar-refractivity contribution in [2.75, 3.05) is 27.9 Å². The molecule has 1 atom stereocenters. The van der Waals surface area contributed by atoms with E-state index in [0.29, 0.717) is 42.0 Å². The molecule has 0 spiro atoms. The van der Waals surface area contributed by atoms with E-state index in [1.807, 2.05) is 0 Å². The van der Waals surface area contributed by atoms with E-state index in [-0.39, 0.29) is 18.7 Å². The molecule has 9 nitrogen and oxygen atoms in total. The van der Waals surface area contributed by atoms with E-state index in [2.05, 4.69) is 5.32 Å². The van der Waals surface area contributed by atoms with Gasteiger partial charge in [-0.3, -0.25) is 13.8 Å². The minimum absolute atomic E-state index is 0.0740. The Morgan fingerprint density at radius 3 is 2.43 bits per heavy atom. The lowest BCUT2D eigenvalue weighted by molar-refractivity contribution is -0.138. The fourth-order valence-electron chi connectivity index (χ4n) is 3.25. The Morgan fingerprint density at radius 2 is 1.83 bits per heavy atom. The molecule has 0 saturated carbocycles. The largest absolute Gasteiger partial charge is 0.493 e. The quantitative estimate of drug-likeness (QED) is 0.267. The number of carbonyl (C=O) groups is 2. The SMILES string of the molecule is COc1cc2c(cc1OC)/C(=C/OC(=O)CCCNC(C)=O)C(S(=O)(=O)OC)CC2. The Balaban J connectivity index is 2.32. The third-order valence-electron chi connectivity index (χ3n) is 4.77. The molecule has 1 aromatic rings. The van der Waals surface area contributed by atoms with Gasteiger partial charge in [0, 0.05) is 25.5 Å². The van der Waals surface area contributed by atoms with Gasteiger partial charge in [-0.15, -0.1) is 0 Å². The highest BCUT2D eigenvalue weighted by molar-refractivity contribution is 7.87. The molecule has 1 aliphatic carbocycles. The van der Waals surface area contributed by atoms with Crippen molar-refractivity contribution in [3.63, 3.8) is 0 Å².